The van der Waals surface area contributed by atoms with E-state index in [-0.39, 0.29) is 0 Å². The number of hydrogen-bond donors (Lipinski definition) is 1. The molecule has 110 valence electrons. The summed E-state index contributed by atoms with van der Waals surface area (Å²) in [6.45, 7) is 3.81. The van der Waals surface area contributed by atoms with E-state index in [4.69, 9.17) is 0 Å². The summed E-state index contributed by atoms with van der Waals surface area (Å²) in [5, 5.41) is 3.32. The molecule has 0 bridgehead atoms. The molecule has 0 aromatic heterocycles. The second-order valence-electron chi connectivity index (χ2n) is 5.47. The van der Waals surface area contributed by atoms with E-state index in [0.29, 0.717) is 25.6 Å². The molecule has 6 heteroatoms. The summed E-state index contributed by atoms with van der Waals surface area (Å²) in [6.07, 6.45) is 2.13. The van der Waals surface area contributed by atoms with Crippen molar-refractivity contribution in [2.45, 2.75) is 12.8 Å². The Balaban J connectivity index is 1.72. The molecule has 2 saturated heterocycles. The van der Waals surface area contributed by atoms with E-state index in [1.165, 1.54) is 4.31 Å². The molecule has 1 aromatic carbocycles. The summed E-state index contributed by atoms with van der Waals surface area (Å²) in [5.74, 6) is 0.488. The summed E-state index contributed by atoms with van der Waals surface area (Å²) in [5.41, 5.74) is 0.764. The number of nitrogens with zero attached hydrogens (tertiary/aromatic N) is 2. The van der Waals surface area contributed by atoms with Crippen LogP contribution in [0.15, 0.2) is 30.3 Å². The summed E-state index contributed by atoms with van der Waals surface area (Å²) in [7, 11) is -3.33. The first-order valence-corrected chi connectivity index (χ1v) is 8.61. The lowest BCUT2D eigenvalue weighted by Crippen LogP contribution is -2.39. The highest BCUT2D eigenvalue weighted by Gasteiger charge is 2.37. The van der Waals surface area contributed by atoms with E-state index in [2.05, 4.69) is 5.32 Å². The van der Waals surface area contributed by atoms with Gasteiger partial charge in [0.05, 0.1) is 5.69 Å². The Labute approximate surface area is 120 Å². The maximum Gasteiger partial charge on any atom is 0.304 e. The molecule has 1 aromatic rings. The van der Waals surface area contributed by atoms with Crippen molar-refractivity contribution in [2.75, 3.05) is 37.0 Å². The van der Waals surface area contributed by atoms with Crippen molar-refractivity contribution in [1.82, 2.24) is 9.62 Å². The number of nitrogens with one attached hydrogen (secondary N) is 1. The molecule has 0 aliphatic carbocycles. The average molecular weight is 295 g/mol. The van der Waals surface area contributed by atoms with Gasteiger partial charge in [-0.2, -0.15) is 12.7 Å². The molecule has 0 radical (unpaired) electrons. The fourth-order valence-corrected chi connectivity index (χ4v) is 4.66. The SMILES string of the molecule is O=S1(=O)N(CC2CCNCC2)CCN1c1ccccc1. The zero-order chi connectivity index (χ0) is 14.0. The Morgan fingerprint density at radius 1 is 1.10 bits per heavy atom. The van der Waals surface area contributed by atoms with E-state index in [9.17, 15) is 8.42 Å². The quantitative estimate of drug-likeness (QED) is 0.907. The topological polar surface area (TPSA) is 52.7 Å². The van der Waals surface area contributed by atoms with Crippen LogP contribution < -0.4 is 9.62 Å². The highest BCUT2D eigenvalue weighted by molar-refractivity contribution is 7.90. The summed E-state index contributed by atoms with van der Waals surface area (Å²) in [6, 6.07) is 9.36. The van der Waals surface area contributed by atoms with Crippen molar-refractivity contribution in [2.24, 2.45) is 5.92 Å². The van der Waals surface area contributed by atoms with Gasteiger partial charge in [-0.3, -0.25) is 4.31 Å². The third-order valence-electron chi connectivity index (χ3n) is 4.12. The lowest BCUT2D eigenvalue weighted by Gasteiger charge is -2.27. The molecule has 2 heterocycles. The Morgan fingerprint density at radius 2 is 1.80 bits per heavy atom. The Bertz CT molecular complexity index is 541. The van der Waals surface area contributed by atoms with Gasteiger partial charge >= 0.3 is 10.2 Å². The normalized spacial score (nSPS) is 24.1. The molecule has 0 amide bonds. The van der Waals surface area contributed by atoms with Gasteiger partial charge in [-0.1, -0.05) is 18.2 Å². The van der Waals surface area contributed by atoms with Crippen molar-refractivity contribution < 1.29 is 8.42 Å². The fourth-order valence-electron chi connectivity index (χ4n) is 2.97. The van der Waals surface area contributed by atoms with E-state index in [1.54, 1.807) is 4.31 Å². The molecule has 0 atom stereocenters. The fraction of sp³-hybridized carbons (Fsp3) is 0.571. The Morgan fingerprint density at radius 3 is 2.50 bits per heavy atom. The summed E-state index contributed by atoms with van der Waals surface area (Å²) >= 11 is 0. The van der Waals surface area contributed by atoms with Crippen molar-refractivity contribution in [3.05, 3.63) is 30.3 Å². The van der Waals surface area contributed by atoms with Crippen LogP contribution in [0.25, 0.3) is 0 Å². The average Bonchev–Trinajstić information content (AvgIpc) is 2.76. The van der Waals surface area contributed by atoms with E-state index in [0.717, 1.165) is 31.6 Å². The lowest BCUT2D eigenvalue weighted by molar-refractivity contribution is 0.301. The van der Waals surface area contributed by atoms with Crippen LogP contribution in [0.2, 0.25) is 0 Å². The summed E-state index contributed by atoms with van der Waals surface area (Å²) in [4.78, 5) is 0. The molecule has 3 rings (SSSR count). The zero-order valence-electron chi connectivity index (χ0n) is 11.5. The van der Waals surface area contributed by atoms with Gasteiger partial charge in [-0.15, -0.1) is 0 Å². The lowest BCUT2D eigenvalue weighted by atomic mass is 9.98. The van der Waals surface area contributed by atoms with E-state index in [1.807, 2.05) is 30.3 Å². The van der Waals surface area contributed by atoms with Gasteiger partial charge in [-0.25, -0.2) is 0 Å². The van der Waals surface area contributed by atoms with Gasteiger partial charge in [0.25, 0.3) is 0 Å². The Hall–Kier alpha value is -1.11. The minimum Gasteiger partial charge on any atom is -0.317 e. The van der Waals surface area contributed by atoms with Crippen molar-refractivity contribution in [3.63, 3.8) is 0 Å². The van der Waals surface area contributed by atoms with Gasteiger partial charge < -0.3 is 5.32 Å². The van der Waals surface area contributed by atoms with Crippen molar-refractivity contribution in [3.8, 4) is 0 Å². The first-order valence-electron chi connectivity index (χ1n) is 7.21. The molecule has 20 heavy (non-hydrogen) atoms. The minimum absolute atomic E-state index is 0.488. The number of rotatable bonds is 3. The highest BCUT2D eigenvalue weighted by Crippen LogP contribution is 2.26. The number of hydrogen-bond acceptors (Lipinski definition) is 3. The van der Waals surface area contributed by atoms with Crippen LogP contribution in [0.3, 0.4) is 0 Å². The van der Waals surface area contributed by atoms with Gasteiger partial charge in [-0.05, 0) is 44.0 Å². The maximum atomic E-state index is 12.6. The predicted molar refractivity (Wildman–Crippen MR) is 79.9 cm³/mol. The van der Waals surface area contributed by atoms with E-state index < -0.39 is 10.2 Å². The molecular weight excluding hydrogens is 274 g/mol. The van der Waals surface area contributed by atoms with Crippen LogP contribution in [0.5, 0.6) is 0 Å². The van der Waals surface area contributed by atoms with Crippen LogP contribution in [-0.2, 0) is 10.2 Å². The van der Waals surface area contributed by atoms with E-state index >= 15 is 0 Å². The smallest absolute Gasteiger partial charge is 0.304 e. The second kappa shape index (κ2) is 5.71. The largest absolute Gasteiger partial charge is 0.317 e. The standard InChI is InChI=1S/C14H21N3O2S/c18-20(19)16(12-13-6-8-15-9-7-13)10-11-17(20)14-4-2-1-3-5-14/h1-5,13,15H,6-12H2. The molecule has 0 unspecified atom stereocenters. The van der Waals surface area contributed by atoms with Crippen LogP contribution in [0, 0.1) is 5.92 Å². The first kappa shape index (κ1) is 13.9. The molecule has 2 aliphatic rings. The third kappa shape index (κ3) is 2.68. The zero-order valence-corrected chi connectivity index (χ0v) is 12.3. The molecule has 2 aliphatic heterocycles. The molecule has 1 N–H and O–H groups in total. The molecule has 0 spiro atoms. The Kier molecular flexibility index (Phi) is 3.96. The molecule has 2 fully saturated rings. The minimum atomic E-state index is -3.33. The molecular formula is C14H21N3O2S. The summed E-state index contributed by atoms with van der Waals surface area (Å²) < 4.78 is 28.4. The van der Waals surface area contributed by atoms with Crippen LogP contribution in [0.1, 0.15) is 12.8 Å². The van der Waals surface area contributed by atoms with Crippen molar-refractivity contribution >= 4 is 15.9 Å². The number of piperidine rings is 1. The maximum absolute atomic E-state index is 12.6. The predicted octanol–water partition coefficient (Wildman–Crippen LogP) is 1.05. The first-order chi connectivity index (χ1) is 9.68. The van der Waals surface area contributed by atoms with Crippen LogP contribution in [-0.4, -0.2) is 45.4 Å². The van der Waals surface area contributed by atoms with Crippen LogP contribution >= 0.6 is 0 Å². The highest BCUT2D eigenvalue weighted by atomic mass is 32.2. The van der Waals surface area contributed by atoms with Gasteiger partial charge in [0.2, 0.25) is 0 Å². The van der Waals surface area contributed by atoms with Gasteiger partial charge in [0.15, 0.2) is 0 Å². The van der Waals surface area contributed by atoms with Gasteiger partial charge in [0, 0.05) is 19.6 Å². The monoisotopic (exact) mass is 295 g/mol. The molecule has 0 saturated carbocycles. The van der Waals surface area contributed by atoms with Gasteiger partial charge in [0.1, 0.15) is 0 Å². The number of para-hydroxylation sites is 1. The van der Waals surface area contributed by atoms with Crippen LogP contribution in [0.4, 0.5) is 5.69 Å². The number of anilines is 1. The second-order valence-corrected chi connectivity index (χ2v) is 7.32. The van der Waals surface area contributed by atoms with Crippen molar-refractivity contribution in [1.29, 1.82) is 0 Å². The third-order valence-corrected chi connectivity index (χ3v) is 6.06. The molecule has 5 nitrogen and oxygen atoms in total. The number of benzene rings is 1.